The molecule has 3 rings (SSSR count). The van der Waals surface area contributed by atoms with E-state index < -0.39 is 0 Å². The normalized spacial score (nSPS) is 13.3. The van der Waals surface area contributed by atoms with Crippen LogP contribution in [0.5, 0.6) is 17.2 Å². The van der Waals surface area contributed by atoms with Crippen LogP contribution in [-0.4, -0.2) is 26.2 Å². The molecule has 132 valence electrons. The Hall–Kier alpha value is -2.69. The summed E-state index contributed by atoms with van der Waals surface area (Å²) in [5.74, 6) is 1.66. The Kier molecular flexibility index (Phi) is 4.57. The molecule has 25 heavy (non-hydrogen) atoms. The van der Waals surface area contributed by atoms with Crippen molar-refractivity contribution < 1.29 is 19.0 Å². The average Bonchev–Trinajstić information content (AvgIpc) is 2.60. The monoisotopic (exact) mass is 341 g/mol. The fourth-order valence-corrected chi connectivity index (χ4v) is 2.65. The van der Waals surface area contributed by atoms with Crippen LogP contribution in [0.4, 0.5) is 5.69 Å². The molecule has 1 N–H and O–H groups in total. The minimum Gasteiger partial charge on any atom is -0.495 e. The van der Waals surface area contributed by atoms with E-state index in [9.17, 15) is 4.79 Å². The summed E-state index contributed by atoms with van der Waals surface area (Å²) in [4.78, 5) is 12.7. The number of nitrogens with one attached hydrogen (secondary N) is 1. The molecule has 5 heteroatoms. The highest BCUT2D eigenvalue weighted by Crippen LogP contribution is 2.33. The van der Waals surface area contributed by atoms with Crippen LogP contribution in [0.2, 0.25) is 0 Å². The number of rotatable bonds is 3. The van der Waals surface area contributed by atoms with Crippen LogP contribution in [0, 0.1) is 0 Å². The van der Waals surface area contributed by atoms with E-state index in [1.165, 1.54) is 0 Å². The van der Waals surface area contributed by atoms with Gasteiger partial charge in [0.25, 0.3) is 5.91 Å². The predicted octanol–water partition coefficient (Wildman–Crippen LogP) is 4.02. The molecule has 0 aromatic heterocycles. The van der Waals surface area contributed by atoms with Crippen molar-refractivity contribution in [3.8, 4) is 17.2 Å². The summed E-state index contributed by atoms with van der Waals surface area (Å²) < 4.78 is 16.4. The molecule has 1 aliphatic rings. The summed E-state index contributed by atoms with van der Waals surface area (Å²) in [5, 5.41) is 2.94. The third kappa shape index (κ3) is 3.71. The lowest BCUT2D eigenvalue weighted by molar-refractivity contribution is 0.102. The quantitative estimate of drug-likeness (QED) is 0.916. The first-order valence-corrected chi connectivity index (χ1v) is 8.28. The van der Waals surface area contributed by atoms with Crippen LogP contribution in [0.1, 0.15) is 36.7 Å². The number of benzene rings is 2. The van der Waals surface area contributed by atoms with E-state index in [0.717, 1.165) is 5.56 Å². The molecule has 2 aromatic rings. The molecule has 1 heterocycles. The fourth-order valence-electron chi connectivity index (χ4n) is 2.65. The molecule has 0 bridgehead atoms. The second-order valence-corrected chi connectivity index (χ2v) is 6.98. The molecule has 0 fully saturated rings. The topological polar surface area (TPSA) is 56.8 Å². The maximum Gasteiger partial charge on any atom is 0.255 e. The van der Waals surface area contributed by atoms with E-state index in [4.69, 9.17) is 14.2 Å². The van der Waals surface area contributed by atoms with Gasteiger partial charge in [-0.1, -0.05) is 26.8 Å². The first-order valence-electron chi connectivity index (χ1n) is 8.28. The lowest BCUT2D eigenvalue weighted by atomic mass is 9.87. The van der Waals surface area contributed by atoms with Crippen LogP contribution in [0.15, 0.2) is 36.4 Å². The van der Waals surface area contributed by atoms with Gasteiger partial charge < -0.3 is 19.5 Å². The van der Waals surface area contributed by atoms with Crippen LogP contribution < -0.4 is 19.5 Å². The molecule has 0 saturated heterocycles. The summed E-state index contributed by atoms with van der Waals surface area (Å²) in [7, 11) is 1.59. The van der Waals surface area contributed by atoms with Gasteiger partial charge in [0.05, 0.1) is 12.8 Å². The Morgan fingerprint density at radius 1 is 1.04 bits per heavy atom. The molecule has 0 aliphatic carbocycles. The molecule has 5 nitrogen and oxygen atoms in total. The van der Waals surface area contributed by atoms with Crippen LogP contribution in [0.25, 0.3) is 0 Å². The third-order valence-corrected chi connectivity index (χ3v) is 4.12. The van der Waals surface area contributed by atoms with E-state index in [1.807, 2.05) is 18.2 Å². The van der Waals surface area contributed by atoms with Gasteiger partial charge in [0.15, 0.2) is 11.5 Å². The average molecular weight is 341 g/mol. The zero-order valence-corrected chi connectivity index (χ0v) is 15.0. The first kappa shape index (κ1) is 17.1. The fraction of sp³-hybridized carbons (Fsp3) is 0.350. The van der Waals surface area contributed by atoms with E-state index in [2.05, 4.69) is 26.1 Å². The van der Waals surface area contributed by atoms with Gasteiger partial charge in [0, 0.05) is 5.56 Å². The lowest BCUT2D eigenvalue weighted by Gasteiger charge is -2.21. The summed E-state index contributed by atoms with van der Waals surface area (Å²) >= 11 is 0. The number of carbonyl (C=O) groups excluding carboxylic acids is 1. The molecule has 2 aromatic carbocycles. The van der Waals surface area contributed by atoms with Gasteiger partial charge in [-0.15, -0.1) is 0 Å². The van der Waals surface area contributed by atoms with Crippen LogP contribution >= 0.6 is 0 Å². The number of hydrogen-bond donors (Lipinski definition) is 1. The SMILES string of the molecule is COc1ccc(C(C)(C)C)cc1NC(=O)c1ccc2c(c1)OCCO2. The van der Waals surface area contributed by atoms with Gasteiger partial charge in [-0.05, 0) is 41.3 Å². The molecule has 1 aliphatic heterocycles. The molecule has 0 saturated carbocycles. The van der Waals surface area contributed by atoms with E-state index in [0.29, 0.717) is 41.7 Å². The minimum atomic E-state index is -0.221. The Labute approximate surface area is 147 Å². The Morgan fingerprint density at radius 3 is 2.44 bits per heavy atom. The van der Waals surface area contributed by atoms with Gasteiger partial charge in [0.1, 0.15) is 19.0 Å². The second kappa shape index (κ2) is 6.67. The van der Waals surface area contributed by atoms with E-state index in [1.54, 1.807) is 25.3 Å². The molecular weight excluding hydrogens is 318 g/mol. The highest BCUT2D eigenvalue weighted by Gasteiger charge is 2.19. The molecule has 1 amide bonds. The molecule has 0 atom stereocenters. The zero-order valence-electron chi connectivity index (χ0n) is 15.0. The first-order chi connectivity index (χ1) is 11.9. The van der Waals surface area contributed by atoms with Crippen molar-refractivity contribution in [1.29, 1.82) is 0 Å². The van der Waals surface area contributed by atoms with Crippen molar-refractivity contribution >= 4 is 11.6 Å². The van der Waals surface area contributed by atoms with Gasteiger partial charge in [-0.2, -0.15) is 0 Å². The number of amides is 1. The zero-order chi connectivity index (χ0) is 18.0. The van der Waals surface area contributed by atoms with Gasteiger partial charge in [0.2, 0.25) is 0 Å². The van der Waals surface area contributed by atoms with Gasteiger partial charge in [-0.3, -0.25) is 4.79 Å². The molecule has 0 unspecified atom stereocenters. The number of anilines is 1. The van der Waals surface area contributed by atoms with Crippen molar-refractivity contribution in [1.82, 2.24) is 0 Å². The smallest absolute Gasteiger partial charge is 0.255 e. The summed E-state index contributed by atoms with van der Waals surface area (Å²) in [6.07, 6.45) is 0. The maximum absolute atomic E-state index is 12.7. The standard InChI is InChI=1S/C20H23NO4/c1-20(2,3)14-6-8-16(23-4)15(12-14)21-19(22)13-5-7-17-18(11-13)25-10-9-24-17/h5-8,11-12H,9-10H2,1-4H3,(H,21,22). The van der Waals surface area contributed by atoms with Crippen molar-refractivity contribution in [3.05, 3.63) is 47.5 Å². The largest absolute Gasteiger partial charge is 0.495 e. The number of carbonyl (C=O) groups is 1. The number of ether oxygens (including phenoxy) is 3. The predicted molar refractivity (Wildman–Crippen MR) is 97.1 cm³/mol. The summed E-state index contributed by atoms with van der Waals surface area (Å²) in [6, 6.07) is 11.0. The van der Waals surface area contributed by atoms with Crippen molar-refractivity contribution in [2.45, 2.75) is 26.2 Å². The van der Waals surface area contributed by atoms with E-state index >= 15 is 0 Å². The maximum atomic E-state index is 12.7. The summed E-state index contributed by atoms with van der Waals surface area (Å²) in [6.45, 7) is 7.39. The van der Waals surface area contributed by atoms with Crippen molar-refractivity contribution in [2.24, 2.45) is 0 Å². The van der Waals surface area contributed by atoms with Crippen molar-refractivity contribution in [2.75, 3.05) is 25.6 Å². The van der Waals surface area contributed by atoms with Gasteiger partial charge in [-0.25, -0.2) is 0 Å². The lowest BCUT2D eigenvalue weighted by Crippen LogP contribution is -2.18. The second-order valence-electron chi connectivity index (χ2n) is 6.98. The van der Waals surface area contributed by atoms with E-state index in [-0.39, 0.29) is 11.3 Å². The van der Waals surface area contributed by atoms with Crippen molar-refractivity contribution in [3.63, 3.8) is 0 Å². The highest BCUT2D eigenvalue weighted by molar-refractivity contribution is 6.05. The molecule has 0 radical (unpaired) electrons. The van der Waals surface area contributed by atoms with Gasteiger partial charge >= 0.3 is 0 Å². The van der Waals surface area contributed by atoms with Crippen LogP contribution in [-0.2, 0) is 5.41 Å². The Morgan fingerprint density at radius 2 is 1.76 bits per heavy atom. The molecule has 0 spiro atoms. The minimum absolute atomic E-state index is 0.0251. The summed E-state index contributed by atoms with van der Waals surface area (Å²) in [5.41, 5.74) is 2.25. The Bertz CT molecular complexity index is 793. The number of methoxy groups -OCH3 is 1. The Balaban J connectivity index is 1.87. The highest BCUT2D eigenvalue weighted by atomic mass is 16.6. The number of hydrogen-bond acceptors (Lipinski definition) is 4. The number of fused-ring (bicyclic) bond motifs is 1. The molecular formula is C20H23NO4. The third-order valence-electron chi connectivity index (χ3n) is 4.12. The van der Waals surface area contributed by atoms with Crippen LogP contribution in [0.3, 0.4) is 0 Å².